The summed E-state index contributed by atoms with van der Waals surface area (Å²) in [7, 11) is 0. The Hall–Kier alpha value is -1.79. The molecule has 1 aliphatic heterocycles. The molecular weight excluding hydrogens is 272 g/mol. The van der Waals surface area contributed by atoms with Crippen molar-refractivity contribution in [2.45, 2.75) is 38.0 Å². The van der Waals surface area contributed by atoms with Crippen LogP contribution in [0, 0.1) is 0 Å². The number of fused-ring (bicyclic) bond motifs is 1. The van der Waals surface area contributed by atoms with E-state index in [-0.39, 0.29) is 19.1 Å². The van der Waals surface area contributed by atoms with Crippen molar-refractivity contribution in [3.63, 3.8) is 0 Å². The number of nitrogens with two attached hydrogens (primary N) is 1. The van der Waals surface area contributed by atoms with Gasteiger partial charge in [0.2, 0.25) is 5.91 Å². The van der Waals surface area contributed by atoms with E-state index in [1.165, 1.54) is 0 Å². The van der Waals surface area contributed by atoms with E-state index in [1.807, 2.05) is 19.1 Å². The fourth-order valence-corrected chi connectivity index (χ4v) is 2.14. The van der Waals surface area contributed by atoms with E-state index in [9.17, 15) is 9.90 Å². The summed E-state index contributed by atoms with van der Waals surface area (Å²) in [6.45, 7) is 2.23. The lowest BCUT2D eigenvalue weighted by Gasteiger charge is -2.28. The van der Waals surface area contributed by atoms with Crippen molar-refractivity contribution < 1.29 is 19.4 Å². The first-order chi connectivity index (χ1) is 10.1. The summed E-state index contributed by atoms with van der Waals surface area (Å²) < 4.78 is 11.1. The van der Waals surface area contributed by atoms with Crippen LogP contribution in [0.4, 0.5) is 0 Å². The molecule has 1 amide bonds. The van der Waals surface area contributed by atoms with Gasteiger partial charge >= 0.3 is 0 Å². The molecule has 0 aliphatic carbocycles. The molecule has 4 N–H and O–H groups in total. The Morgan fingerprint density at radius 1 is 1.38 bits per heavy atom. The molecule has 1 heterocycles. The van der Waals surface area contributed by atoms with E-state index < -0.39 is 18.2 Å². The summed E-state index contributed by atoms with van der Waals surface area (Å²) in [6.07, 6.45) is 0.583. The molecule has 116 valence electrons. The van der Waals surface area contributed by atoms with Gasteiger partial charge in [-0.1, -0.05) is 25.5 Å². The van der Waals surface area contributed by atoms with Crippen molar-refractivity contribution in [2.24, 2.45) is 5.73 Å². The average Bonchev–Trinajstić information content (AvgIpc) is 2.48. The maximum atomic E-state index is 11.9. The molecule has 0 saturated carbocycles. The minimum Gasteiger partial charge on any atom is -0.487 e. The van der Waals surface area contributed by atoms with Gasteiger partial charge in [-0.15, -0.1) is 0 Å². The molecular formula is C15H22N2O4. The van der Waals surface area contributed by atoms with Crippen LogP contribution >= 0.6 is 0 Å². The van der Waals surface area contributed by atoms with Crippen LogP contribution < -0.4 is 20.5 Å². The van der Waals surface area contributed by atoms with Gasteiger partial charge in [0, 0.05) is 0 Å². The van der Waals surface area contributed by atoms with Crippen LogP contribution in [-0.4, -0.2) is 42.4 Å². The molecule has 6 heteroatoms. The van der Waals surface area contributed by atoms with Crippen LogP contribution in [0.25, 0.3) is 0 Å². The van der Waals surface area contributed by atoms with Crippen molar-refractivity contribution in [3.8, 4) is 11.5 Å². The molecule has 0 aromatic heterocycles. The largest absolute Gasteiger partial charge is 0.487 e. The Kier molecular flexibility index (Phi) is 5.41. The number of aliphatic hydroxyl groups excluding tert-OH is 1. The number of nitrogens with one attached hydrogen (secondary N) is 1. The second-order valence-electron chi connectivity index (χ2n) is 5.15. The summed E-state index contributed by atoms with van der Waals surface area (Å²) in [5.74, 6) is 0.906. The number of hydrogen-bond acceptors (Lipinski definition) is 5. The van der Waals surface area contributed by atoms with Crippen molar-refractivity contribution in [1.82, 2.24) is 5.32 Å². The van der Waals surface area contributed by atoms with Crippen LogP contribution in [0.3, 0.4) is 0 Å². The minimum absolute atomic E-state index is 0.0916. The number of benzene rings is 1. The number of ether oxygens (including phenoxy) is 2. The Morgan fingerprint density at radius 2 is 2.00 bits per heavy atom. The third kappa shape index (κ3) is 4.09. The van der Waals surface area contributed by atoms with Gasteiger partial charge in [0.25, 0.3) is 0 Å². The Labute approximate surface area is 124 Å². The number of amides is 1. The van der Waals surface area contributed by atoms with Crippen LogP contribution in [-0.2, 0) is 4.79 Å². The zero-order valence-electron chi connectivity index (χ0n) is 12.1. The number of carbonyl (C=O) groups is 1. The zero-order valence-corrected chi connectivity index (χ0v) is 12.1. The van der Waals surface area contributed by atoms with E-state index in [4.69, 9.17) is 15.2 Å². The molecule has 1 aliphatic rings. The predicted octanol–water partition coefficient (Wildman–Crippen LogP) is 0.431. The topological polar surface area (TPSA) is 93.8 Å². The summed E-state index contributed by atoms with van der Waals surface area (Å²) in [6, 6.07) is 6.12. The lowest BCUT2D eigenvalue weighted by Crippen LogP contribution is -2.54. The van der Waals surface area contributed by atoms with Gasteiger partial charge in [-0.25, -0.2) is 0 Å². The fraction of sp³-hybridized carbons (Fsp3) is 0.533. The number of hydrogen-bond donors (Lipinski definition) is 3. The SMILES string of the molecule is CCC[C@H](N)C(=O)NC1COc2ccccc2OCC1O. The third-order valence-electron chi connectivity index (χ3n) is 3.41. The maximum absolute atomic E-state index is 11.9. The van der Waals surface area contributed by atoms with Gasteiger partial charge in [0.1, 0.15) is 19.3 Å². The third-order valence-corrected chi connectivity index (χ3v) is 3.41. The smallest absolute Gasteiger partial charge is 0.237 e. The van der Waals surface area contributed by atoms with Gasteiger partial charge in [0.15, 0.2) is 11.5 Å². The van der Waals surface area contributed by atoms with E-state index in [1.54, 1.807) is 12.1 Å². The highest BCUT2D eigenvalue weighted by Crippen LogP contribution is 2.28. The molecule has 1 aromatic carbocycles. The molecule has 0 saturated heterocycles. The summed E-state index contributed by atoms with van der Waals surface area (Å²) in [5.41, 5.74) is 5.77. The van der Waals surface area contributed by atoms with Crippen molar-refractivity contribution in [2.75, 3.05) is 13.2 Å². The van der Waals surface area contributed by atoms with Gasteiger partial charge < -0.3 is 25.6 Å². The number of aliphatic hydroxyl groups is 1. The summed E-state index contributed by atoms with van der Waals surface area (Å²) in [4.78, 5) is 11.9. The highest BCUT2D eigenvalue weighted by atomic mass is 16.5. The quantitative estimate of drug-likeness (QED) is 0.749. The summed E-state index contributed by atoms with van der Waals surface area (Å²) in [5, 5.41) is 12.8. The standard InChI is InChI=1S/C15H22N2O4/c1-2-5-10(16)15(19)17-11-8-20-13-6-3-4-7-14(13)21-9-12(11)18/h3-4,6-7,10-12,18H,2,5,8-9,16H2,1H3,(H,17,19)/t10-,11?,12?/m0/s1. The summed E-state index contributed by atoms with van der Waals surface area (Å²) >= 11 is 0. The minimum atomic E-state index is -0.851. The number of rotatable bonds is 4. The second kappa shape index (κ2) is 7.28. The lowest BCUT2D eigenvalue weighted by atomic mass is 10.1. The van der Waals surface area contributed by atoms with Crippen molar-refractivity contribution >= 4 is 5.91 Å². The van der Waals surface area contributed by atoms with Crippen LogP contribution in [0.5, 0.6) is 11.5 Å². The van der Waals surface area contributed by atoms with Gasteiger partial charge in [0.05, 0.1) is 12.1 Å². The van der Waals surface area contributed by atoms with Gasteiger partial charge in [-0.3, -0.25) is 4.79 Å². The number of carbonyl (C=O) groups excluding carboxylic acids is 1. The number of para-hydroxylation sites is 2. The van der Waals surface area contributed by atoms with Crippen LogP contribution in [0.15, 0.2) is 24.3 Å². The first kappa shape index (κ1) is 15.6. The second-order valence-corrected chi connectivity index (χ2v) is 5.15. The Balaban J connectivity index is 2.00. The molecule has 2 rings (SSSR count). The first-order valence-electron chi connectivity index (χ1n) is 7.20. The van der Waals surface area contributed by atoms with Gasteiger partial charge in [-0.2, -0.15) is 0 Å². The Morgan fingerprint density at radius 3 is 2.62 bits per heavy atom. The van der Waals surface area contributed by atoms with Crippen molar-refractivity contribution in [1.29, 1.82) is 0 Å². The molecule has 2 unspecified atom stereocenters. The maximum Gasteiger partial charge on any atom is 0.237 e. The molecule has 3 atom stereocenters. The van der Waals surface area contributed by atoms with Crippen LogP contribution in [0.1, 0.15) is 19.8 Å². The van der Waals surface area contributed by atoms with Gasteiger partial charge in [-0.05, 0) is 18.6 Å². The fourth-order valence-electron chi connectivity index (χ4n) is 2.14. The monoisotopic (exact) mass is 294 g/mol. The van der Waals surface area contributed by atoms with Crippen LogP contribution in [0.2, 0.25) is 0 Å². The Bertz CT molecular complexity index is 480. The first-order valence-corrected chi connectivity index (χ1v) is 7.20. The molecule has 0 fully saturated rings. The van der Waals surface area contributed by atoms with E-state index >= 15 is 0 Å². The highest BCUT2D eigenvalue weighted by molar-refractivity contribution is 5.81. The normalized spacial score (nSPS) is 22.8. The zero-order chi connectivity index (χ0) is 15.2. The molecule has 0 radical (unpaired) electrons. The molecule has 0 bridgehead atoms. The van der Waals surface area contributed by atoms with E-state index in [0.29, 0.717) is 17.9 Å². The van der Waals surface area contributed by atoms with E-state index in [2.05, 4.69) is 5.32 Å². The predicted molar refractivity (Wildman–Crippen MR) is 78.3 cm³/mol. The molecule has 21 heavy (non-hydrogen) atoms. The lowest BCUT2D eigenvalue weighted by molar-refractivity contribution is -0.124. The van der Waals surface area contributed by atoms with Crippen molar-refractivity contribution in [3.05, 3.63) is 24.3 Å². The molecule has 1 aromatic rings. The molecule has 0 spiro atoms. The highest BCUT2D eigenvalue weighted by Gasteiger charge is 2.27. The molecule has 6 nitrogen and oxygen atoms in total. The average molecular weight is 294 g/mol. The van der Waals surface area contributed by atoms with E-state index in [0.717, 1.165) is 6.42 Å².